The van der Waals surface area contributed by atoms with Crippen LogP contribution in [0.5, 0.6) is 0 Å². The van der Waals surface area contributed by atoms with Crippen LogP contribution in [0, 0.1) is 0 Å². The molecule has 8 nitrogen and oxygen atoms in total. The van der Waals surface area contributed by atoms with Gasteiger partial charge in [0.05, 0.1) is 11.3 Å². The van der Waals surface area contributed by atoms with Crippen molar-refractivity contribution in [3.63, 3.8) is 0 Å². The maximum Gasteiger partial charge on any atom is 0.407 e. The summed E-state index contributed by atoms with van der Waals surface area (Å²) in [5.74, 6) is 0.874. The van der Waals surface area contributed by atoms with Crippen LogP contribution in [0.1, 0.15) is 60.6 Å². The molecule has 1 aromatic heterocycles. The molecule has 0 saturated heterocycles. The average Bonchev–Trinajstić information content (AvgIpc) is 3.35. The number of alkyl carbamates (subject to hydrolysis) is 1. The minimum atomic E-state index is -0.358. The maximum atomic E-state index is 12.1. The molecule has 8 heteroatoms. The molecule has 1 fully saturated rings. The van der Waals surface area contributed by atoms with Gasteiger partial charge >= 0.3 is 6.09 Å². The lowest BCUT2D eigenvalue weighted by Crippen LogP contribution is -2.33. The Bertz CT molecular complexity index is 892. The molecule has 148 valence electrons. The van der Waals surface area contributed by atoms with E-state index in [9.17, 15) is 9.59 Å². The molecule has 28 heavy (non-hydrogen) atoms. The van der Waals surface area contributed by atoms with Crippen LogP contribution in [-0.4, -0.2) is 34.3 Å². The third-order valence-electron chi connectivity index (χ3n) is 5.18. The van der Waals surface area contributed by atoms with Crippen molar-refractivity contribution < 1.29 is 14.3 Å². The quantitative estimate of drug-likeness (QED) is 0.634. The second-order valence-corrected chi connectivity index (χ2v) is 7.69. The Balaban J connectivity index is 1.39. The molecule has 1 aromatic carbocycles. The third-order valence-corrected chi connectivity index (χ3v) is 5.18. The van der Waals surface area contributed by atoms with Crippen LogP contribution in [0.2, 0.25) is 0 Å². The first kappa shape index (κ1) is 18.3. The van der Waals surface area contributed by atoms with Gasteiger partial charge in [-0.15, -0.1) is 0 Å². The fourth-order valence-electron chi connectivity index (χ4n) is 3.88. The summed E-state index contributed by atoms with van der Waals surface area (Å²) >= 11 is 0. The zero-order valence-corrected chi connectivity index (χ0v) is 16.0. The van der Waals surface area contributed by atoms with Crippen molar-refractivity contribution in [1.82, 2.24) is 20.8 Å². The van der Waals surface area contributed by atoms with Crippen molar-refractivity contribution in [3.05, 3.63) is 41.1 Å². The first-order chi connectivity index (χ1) is 13.5. The first-order valence-corrected chi connectivity index (χ1v) is 9.69. The lowest BCUT2D eigenvalue weighted by atomic mass is 10.0. The van der Waals surface area contributed by atoms with E-state index < -0.39 is 0 Å². The molecule has 0 unspecified atom stereocenters. The van der Waals surface area contributed by atoms with E-state index >= 15 is 0 Å². The molecule has 2 aliphatic rings. The van der Waals surface area contributed by atoms with Crippen molar-refractivity contribution in [3.8, 4) is 0 Å². The number of carbonyl (C=O) groups is 2. The normalized spacial score (nSPS) is 20.8. The minimum Gasteiger partial charge on any atom is -0.446 e. The first-order valence-electron chi connectivity index (χ1n) is 9.69. The van der Waals surface area contributed by atoms with Crippen molar-refractivity contribution in [2.75, 3.05) is 5.32 Å². The molecule has 2 amide bonds. The monoisotopic (exact) mass is 383 g/mol. The van der Waals surface area contributed by atoms with Gasteiger partial charge < -0.3 is 20.7 Å². The maximum absolute atomic E-state index is 12.1. The Labute approximate surface area is 163 Å². The Kier molecular flexibility index (Phi) is 4.93. The topological polar surface area (TPSA) is 108 Å². The number of hydrogen-bond acceptors (Lipinski definition) is 5. The molecule has 2 heterocycles. The van der Waals surface area contributed by atoms with Gasteiger partial charge in [-0.1, -0.05) is 12.1 Å². The van der Waals surface area contributed by atoms with Crippen molar-refractivity contribution in [2.45, 2.75) is 57.7 Å². The summed E-state index contributed by atoms with van der Waals surface area (Å²) < 4.78 is 5.49. The summed E-state index contributed by atoms with van der Waals surface area (Å²) in [5.41, 5.74) is 3.43. The van der Waals surface area contributed by atoms with E-state index in [0.717, 1.165) is 36.2 Å². The number of rotatable bonds is 5. The van der Waals surface area contributed by atoms with Gasteiger partial charge in [0.15, 0.2) is 5.82 Å². The van der Waals surface area contributed by atoms with Crippen LogP contribution in [0.25, 0.3) is 0 Å². The van der Waals surface area contributed by atoms with Gasteiger partial charge in [-0.05, 0) is 44.7 Å². The number of aromatic amines is 1. The van der Waals surface area contributed by atoms with Gasteiger partial charge in [0.25, 0.3) is 5.91 Å². The highest BCUT2D eigenvalue weighted by Gasteiger charge is 2.30. The lowest BCUT2D eigenvalue weighted by molar-refractivity contribution is 0.0962. The summed E-state index contributed by atoms with van der Waals surface area (Å²) in [5, 5.41) is 16.3. The van der Waals surface area contributed by atoms with Crippen molar-refractivity contribution >= 4 is 23.5 Å². The van der Waals surface area contributed by atoms with Gasteiger partial charge in [-0.25, -0.2) is 4.79 Å². The van der Waals surface area contributed by atoms with Crippen molar-refractivity contribution in [1.29, 1.82) is 0 Å². The largest absolute Gasteiger partial charge is 0.446 e. The zero-order chi connectivity index (χ0) is 19.7. The van der Waals surface area contributed by atoms with E-state index in [-0.39, 0.29) is 30.1 Å². The van der Waals surface area contributed by atoms with Crippen LogP contribution in [-0.2, 0) is 11.3 Å². The lowest BCUT2D eigenvalue weighted by Gasteiger charge is -2.14. The highest BCUT2D eigenvalue weighted by Crippen LogP contribution is 2.36. The highest BCUT2D eigenvalue weighted by molar-refractivity contribution is 6.03. The van der Waals surface area contributed by atoms with Crippen LogP contribution in [0.3, 0.4) is 0 Å². The number of aromatic nitrogens is 2. The zero-order valence-electron chi connectivity index (χ0n) is 16.0. The molecule has 4 N–H and O–H groups in total. The SMILES string of the molecule is CC(C)NC(=O)O[C@@H]1CC[C@H](c2cc(Nc3cccc4c3C(=O)NC4)n[nH]2)C1. The Morgan fingerprint density at radius 3 is 3.00 bits per heavy atom. The number of anilines is 2. The van der Waals surface area contributed by atoms with Crippen LogP contribution in [0.4, 0.5) is 16.3 Å². The number of H-pyrrole nitrogens is 1. The Morgan fingerprint density at radius 2 is 2.18 bits per heavy atom. The molecule has 1 aliphatic carbocycles. The van der Waals surface area contributed by atoms with E-state index in [1.54, 1.807) is 0 Å². The predicted octanol–water partition coefficient (Wildman–Crippen LogP) is 3.17. The Morgan fingerprint density at radius 1 is 1.32 bits per heavy atom. The van der Waals surface area contributed by atoms with Gasteiger partial charge in [0.1, 0.15) is 6.10 Å². The molecular weight excluding hydrogens is 358 g/mol. The van der Waals surface area contributed by atoms with E-state index in [2.05, 4.69) is 26.1 Å². The summed E-state index contributed by atoms with van der Waals surface area (Å²) in [7, 11) is 0. The Hall–Kier alpha value is -3.03. The summed E-state index contributed by atoms with van der Waals surface area (Å²) in [6, 6.07) is 7.78. The predicted molar refractivity (Wildman–Crippen MR) is 105 cm³/mol. The van der Waals surface area contributed by atoms with Crippen LogP contribution in [0.15, 0.2) is 24.3 Å². The van der Waals surface area contributed by atoms with Crippen molar-refractivity contribution in [2.24, 2.45) is 0 Å². The van der Waals surface area contributed by atoms with Crippen LogP contribution >= 0.6 is 0 Å². The van der Waals surface area contributed by atoms with Gasteiger partial charge in [0, 0.05) is 30.3 Å². The fourth-order valence-corrected chi connectivity index (χ4v) is 3.88. The number of amides is 2. The fraction of sp³-hybridized carbons (Fsp3) is 0.450. The van der Waals surface area contributed by atoms with E-state index in [0.29, 0.717) is 17.9 Å². The molecule has 0 radical (unpaired) electrons. The number of nitrogens with one attached hydrogen (secondary N) is 4. The smallest absolute Gasteiger partial charge is 0.407 e. The third kappa shape index (κ3) is 3.81. The highest BCUT2D eigenvalue weighted by atomic mass is 16.6. The molecule has 2 atom stereocenters. The minimum absolute atomic E-state index is 0.0625. The number of fused-ring (bicyclic) bond motifs is 1. The van der Waals surface area contributed by atoms with E-state index in [1.165, 1.54) is 0 Å². The number of benzene rings is 1. The number of hydrogen-bond donors (Lipinski definition) is 4. The van der Waals surface area contributed by atoms with E-state index in [4.69, 9.17) is 4.74 Å². The average molecular weight is 383 g/mol. The second-order valence-electron chi connectivity index (χ2n) is 7.69. The summed E-state index contributed by atoms with van der Waals surface area (Å²) in [4.78, 5) is 23.8. The number of carbonyl (C=O) groups excluding carboxylic acids is 2. The molecular formula is C20H25N5O3. The number of ether oxygens (including phenoxy) is 1. The number of nitrogens with zero attached hydrogens (tertiary/aromatic N) is 1. The molecule has 4 rings (SSSR count). The summed E-state index contributed by atoms with van der Waals surface area (Å²) in [6.07, 6.45) is 2.11. The standard InChI is InChI=1S/C20H25N5O3/c1-11(2)22-20(27)28-14-7-6-12(8-14)16-9-17(25-24-16)23-15-5-3-4-13-10-21-19(26)18(13)15/h3-5,9,11-12,14H,6-8,10H2,1-2H3,(H,21,26)(H,22,27)(H2,23,24,25)/t12-,14+/m0/s1. The van der Waals surface area contributed by atoms with E-state index in [1.807, 2.05) is 38.1 Å². The second kappa shape index (κ2) is 7.53. The van der Waals surface area contributed by atoms with Crippen LogP contribution < -0.4 is 16.0 Å². The molecule has 1 saturated carbocycles. The molecule has 0 bridgehead atoms. The van der Waals surface area contributed by atoms with Gasteiger partial charge in [-0.3, -0.25) is 9.89 Å². The van der Waals surface area contributed by atoms with Gasteiger partial charge in [-0.2, -0.15) is 5.10 Å². The molecule has 1 aliphatic heterocycles. The molecule has 2 aromatic rings. The summed E-state index contributed by atoms with van der Waals surface area (Å²) in [6.45, 7) is 4.37. The van der Waals surface area contributed by atoms with Gasteiger partial charge in [0.2, 0.25) is 0 Å². The molecule has 0 spiro atoms.